The van der Waals surface area contributed by atoms with E-state index in [0.29, 0.717) is 22.4 Å². The average Bonchev–Trinajstić information content (AvgIpc) is 2.82. The first kappa shape index (κ1) is 24.0. The highest BCUT2D eigenvalue weighted by Crippen LogP contribution is 2.33. The number of nitrogens with two attached hydrogens (primary N) is 1. The van der Waals surface area contributed by atoms with E-state index in [1.807, 2.05) is 0 Å². The Morgan fingerprint density at radius 3 is 2.32 bits per heavy atom. The maximum absolute atomic E-state index is 15.0. The largest absolute Gasteiger partial charge is 0.496 e. The van der Waals surface area contributed by atoms with Crippen molar-refractivity contribution >= 4 is 23.3 Å². The van der Waals surface area contributed by atoms with Crippen molar-refractivity contribution in [2.24, 2.45) is 5.73 Å². The molecule has 0 aliphatic heterocycles. The monoisotopic (exact) mass is 458 g/mol. The third kappa shape index (κ3) is 4.89. The molecule has 2 amide bonds. The van der Waals surface area contributed by atoms with E-state index in [0.717, 1.165) is 0 Å². The van der Waals surface area contributed by atoms with Crippen LogP contribution >= 0.6 is 0 Å². The number of nitrogens with zero attached hydrogens (tertiary/aromatic N) is 1. The molecule has 0 aliphatic rings. The van der Waals surface area contributed by atoms with E-state index in [9.17, 15) is 9.59 Å². The van der Waals surface area contributed by atoms with Crippen LogP contribution in [0, 0.1) is 23.6 Å². The standard InChI is InChI=1S/C26H23FN4O3/c1-5-15-6-9-18(10-7-15)30-26(33)20-12-17(14-22(34-4)23(20)25(29)32)19-11-8-16(13-21(19)27)24(28)31(2)3/h1,6-14,28H,2-4H3,(H2,29,32)(H,30,33). The van der Waals surface area contributed by atoms with Crippen molar-refractivity contribution < 1.29 is 18.7 Å². The molecule has 0 heterocycles. The van der Waals surface area contributed by atoms with E-state index < -0.39 is 17.6 Å². The van der Waals surface area contributed by atoms with E-state index in [1.54, 1.807) is 49.3 Å². The molecule has 3 rings (SSSR count). The summed E-state index contributed by atoms with van der Waals surface area (Å²) in [6.07, 6.45) is 5.35. The predicted octanol–water partition coefficient (Wildman–Crippen LogP) is 3.72. The lowest BCUT2D eigenvalue weighted by Crippen LogP contribution is -2.22. The Balaban J connectivity index is 2.09. The van der Waals surface area contributed by atoms with Crippen LogP contribution in [0.3, 0.4) is 0 Å². The molecule has 0 spiro atoms. The first-order valence-electron chi connectivity index (χ1n) is 10.1. The summed E-state index contributed by atoms with van der Waals surface area (Å²) in [5.74, 6) is 0.554. The summed E-state index contributed by atoms with van der Waals surface area (Å²) in [7, 11) is 4.70. The van der Waals surface area contributed by atoms with Gasteiger partial charge >= 0.3 is 0 Å². The number of nitrogens with one attached hydrogen (secondary N) is 2. The Hall–Kier alpha value is -4.64. The molecule has 0 aromatic heterocycles. The van der Waals surface area contributed by atoms with Gasteiger partial charge in [-0.1, -0.05) is 18.1 Å². The Morgan fingerprint density at radius 2 is 1.79 bits per heavy atom. The normalized spacial score (nSPS) is 10.2. The number of halogens is 1. The van der Waals surface area contributed by atoms with Crippen molar-refractivity contribution in [1.82, 2.24) is 4.90 Å². The van der Waals surface area contributed by atoms with Crippen molar-refractivity contribution in [2.45, 2.75) is 0 Å². The van der Waals surface area contributed by atoms with Gasteiger partial charge in [-0.25, -0.2) is 4.39 Å². The highest BCUT2D eigenvalue weighted by Gasteiger charge is 2.23. The highest BCUT2D eigenvalue weighted by molar-refractivity contribution is 6.14. The van der Waals surface area contributed by atoms with Crippen molar-refractivity contribution in [3.63, 3.8) is 0 Å². The second-order valence-corrected chi connectivity index (χ2v) is 7.58. The van der Waals surface area contributed by atoms with Gasteiger partial charge in [0.25, 0.3) is 11.8 Å². The SMILES string of the molecule is C#Cc1ccc(NC(=O)c2cc(-c3ccc(C(=N)N(C)C)cc3F)cc(OC)c2C(N)=O)cc1. The van der Waals surface area contributed by atoms with Crippen LogP contribution in [0.15, 0.2) is 54.6 Å². The van der Waals surface area contributed by atoms with Gasteiger partial charge in [-0.3, -0.25) is 15.0 Å². The van der Waals surface area contributed by atoms with Crippen molar-refractivity contribution in [2.75, 3.05) is 26.5 Å². The Labute approximate surface area is 196 Å². The number of rotatable bonds is 6. The zero-order chi connectivity index (χ0) is 25.0. The molecule has 0 unspecified atom stereocenters. The summed E-state index contributed by atoms with van der Waals surface area (Å²) in [5.41, 5.74) is 7.27. The van der Waals surface area contributed by atoms with Gasteiger partial charge in [0.1, 0.15) is 17.4 Å². The second-order valence-electron chi connectivity index (χ2n) is 7.58. The molecule has 0 fully saturated rings. The van der Waals surface area contributed by atoms with E-state index in [4.69, 9.17) is 22.3 Å². The first-order valence-corrected chi connectivity index (χ1v) is 10.1. The van der Waals surface area contributed by atoms with Crippen molar-refractivity contribution in [1.29, 1.82) is 5.41 Å². The minimum atomic E-state index is -0.869. The lowest BCUT2D eigenvalue weighted by atomic mass is 9.95. The van der Waals surface area contributed by atoms with Crippen LogP contribution in [0.25, 0.3) is 11.1 Å². The molecule has 34 heavy (non-hydrogen) atoms. The lowest BCUT2D eigenvalue weighted by molar-refractivity contribution is 0.0974. The molecule has 0 bridgehead atoms. The van der Waals surface area contributed by atoms with Gasteiger partial charge in [0.05, 0.1) is 18.2 Å². The van der Waals surface area contributed by atoms with Crippen LogP contribution in [-0.2, 0) is 0 Å². The van der Waals surface area contributed by atoms with Gasteiger partial charge in [0.2, 0.25) is 0 Å². The number of carbonyl (C=O) groups is 2. The number of terminal acetylenes is 1. The molecule has 172 valence electrons. The molecule has 0 aliphatic carbocycles. The van der Waals surface area contributed by atoms with E-state index in [-0.39, 0.29) is 28.3 Å². The van der Waals surface area contributed by atoms with Gasteiger partial charge in [0, 0.05) is 36.5 Å². The number of methoxy groups -OCH3 is 1. The Kier molecular flexibility index (Phi) is 6.98. The van der Waals surface area contributed by atoms with Gasteiger partial charge in [0.15, 0.2) is 0 Å². The van der Waals surface area contributed by atoms with Crippen molar-refractivity contribution in [3.8, 4) is 29.2 Å². The summed E-state index contributed by atoms with van der Waals surface area (Å²) in [6, 6.07) is 13.7. The number of anilines is 1. The topological polar surface area (TPSA) is 109 Å². The molecular weight excluding hydrogens is 435 g/mol. The number of ether oxygens (including phenoxy) is 1. The summed E-state index contributed by atoms with van der Waals surface area (Å²) in [6.45, 7) is 0. The fourth-order valence-corrected chi connectivity index (χ4v) is 3.37. The van der Waals surface area contributed by atoms with Crippen LogP contribution in [-0.4, -0.2) is 43.8 Å². The van der Waals surface area contributed by atoms with Crippen LogP contribution in [0.5, 0.6) is 5.75 Å². The number of primary amides is 1. The van der Waals surface area contributed by atoms with Gasteiger partial charge < -0.3 is 20.7 Å². The summed E-state index contributed by atoms with van der Waals surface area (Å²) >= 11 is 0. The Morgan fingerprint density at radius 1 is 1.12 bits per heavy atom. The smallest absolute Gasteiger partial charge is 0.256 e. The van der Waals surface area contributed by atoms with Crippen LogP contribution in [0.4, 0.5) is 10.1 Å². The number of carbonyl (C=O) groups excluding carboxylic acids is 2. The zero-order valence-corrected chi connectivity index (χ0v) is 18.9. The average molecular weight is 458 g/mol. The highest BCUT2D eigenvalue weighted by atomic mass is 19.1. The predicted molar refractivity (Wildman–Crippen MR) is 130 cm³/mol. The minimum absolute atomic E-state index is 0.0299. The maximum Gasteiger partial charge on any atom is 0.256 e. The third-order valence-corrected chi connectivity index (χ3v) is 5.12. The number of benzene rings is 3. The molecule has 0 saturated carbocycles. The Bertz CT molecular complexity index is 1330. The summed E-state index contributed by atoms with van der Waals surface area (Å²) in [4.78, 5) is 26.8. The van der Waals surface area contributed by atoms with Gasteiger partial charge in [-0.05, 0) is 48.0 Å². The maximum atomic E-state index is 15.0. The van der Waals surface area contributed by atoms with Crippen LogP contribution in [0.2, 0.25) is 0 Å². The molecule has 0 atom stereocenters. The molecule has 0 radical (unpaired) electrons. The fraction of sp³-hybridized carbons (Fsp3) is 0.115. The van der Waals surface area contributed by atoms with E-state index in [2.05, 4.69) is 11.2 Å². The summed E-state index contributed by atoms with van der Waals surface area (Å²) < 4.78 is 20.3. The molecule has 3 aromatic carbocycles. The molecule has 4 N–H and O–H groups in total. The fourth-order valence-electron chi connectivity index (χ4n) is 3.37. The minimum Gasteiger partial charge on any atom is -0.496 e. The van der Waals surface area contributed by atoms with E-state index >= 15 is 4.39 Å². The molecular formula is C26H23FN4O3. The number of hydrogen-bond donors (Lipinski definition) is 3. The number of hydrogen-bond acceptors (Lipinski definition) is 4. The quantitative estimate of drug-likeness (QED) is 0.297. The zero-order valence-electron chi connectivity index (χ0n) is 18.9. The van der Waals surface area contributed by atoms with E-state index in [1.165, 1.54) is 31.4 Å². The third-order valence-electron chi connectivity index (χ3n) is 5.12. The van der Waals surface area contributed by atoms with Crippen LogP contribution < -0.4 is 15.8 Å². The molecule has 0 saturated heterocycles. The van der Waals surface area contributed by atoms with Gasteiger partial charge in [-0.15, -0.1) is 6.42 Å². The van der Waals surface area contributed by atoms with Gasteiger partial charge in [-0.2, -0.15) is 0 Å². The number of amides is 2. The van der Waals surface area contributed by atoms with Crippen molar-refractivity contribution in [3.05, 3.63) is 82.7 Å². The molecule has 7 nitrogen and oxygen atoms in total. The second kappa shape index (κ2) is 9.88. The first-order chi connectivity index (χ1) is 16.2. The number of amidine groups is 1. The summed E-state index contributed by atoms with van der Waals surface area (Å²) in [5, 5.41) is 10.7. The molecule has 3 aromatic rings. The lowest BCUT2D eigenvalue weighted by Gasteiger charge is -2.16. The van der Waals surface area contributed by atoms with Crippen LogP contribution in [0.1, 0.15) is 31.8 Å². The molecule has 8 heteroatoms.